The summed E-state index contributed by atoms with van der Waals surface area (Å²) in [5, 5.41) is 1.22. The zero-order valence-electron chi connectivity index (χ0n) is 15.1. The van der Waals surface area contributed by atoms with Gasteiger partial charge in [0, 0.05) is 5.39 Å². The maximum absolute atomic E-state index is 13.9. The summed E-state index contributed by atoms with van der Waals surface area (Å²) in [5.74, 6) is 1.88. The molecular weight excluding hydrogens is 314 g/mol. The molecule has 0 bridgehead atoms. The first kappa shape index (κ1) is 17.0. The fourth-order valence-electron chi connectivity index (χ4n) is 5.22. The van der Waals surface area contributed by atoms with E-state index in [1.807, 2.05) is 6.07 Å². The third-order valence-corrected chi connectivity index (χ3v) is 6.90. The molecule has 0 aliphatic heterocycles. The van der Waals surface area contributed by atoms with Crippen LogP contribution in [0, 0.1) is 29.4 Å². The molecule has 0 N–H and O–H groups in total. The molecule has 4 rings (SSSR count). The van der Waals surface area contributed by atoms with Crippen LogP contribution < -0.4 is 0 Å². The van der Waals surface area contributed by atoms with E-state index in [2.05, 4.69) is 13.0 Å². The number of halogens is 2. The van der Waals surface area contributed by atoms with Crippen molar-refractivity contribution in [2.24, 2.45) is 17.8 Å². The second-order valence-corrected chi connectivity index (χ2v) is 8.47. The highest BCUT2D eigenvalue weighted by Crippen LogP contribution is 2.44. The number of rotatable bonds is 2. The van der Waals surface area contributed by atoms with Crippen LogP contribution in [0.25, 0.3) is 10.8 Å². The van der Waals surface area contributed by atoms with Crippen LogP contribution in [0.15, 0.2) is 30.3 Å². The van der Waals surface area contributed by atoms with Gasteiger partial charge >= 0.3 is 0 Å². The zero-order valence-corrected chi connectivity index (χ0v) is 15.1. The summed E-state index contributed by atoms with van der Waals surface area (Å²) in [6, 6.07) is 8.79. The van der Waals surface area contributed by atoms with Gasteiger partial charge in [0.15, 0.2) is 11.6 Å². The van der Waals surface area contributed by atoms with Gasteiger partial charge in [-0.1, -0.05) is 44.0 Å². The average molecular weight is 342 g/mol. The van der Waals surface area contributed by atoms with E-state index in [9.17, 15) is 8.78 Å². The molecule has 0 aromatic heterocycles. The van der Waals surface area contributed by atoms with Gasteiger partial charge in [0.1, 0.15) is 0 Å². The van der Waals surface area contributed by atoms with Crippen molar-refractivity contribution in [3.63, 3.8) is 0 Å². The van der Waals surface area contributed by atoms with E-state index in [1.54, 1.807) is 12.1 Å². The predicted molar refractivity (Wildman–Crippen MR) is 99.7 cm³/mol. The van der Waals surface area contributed by atoms with Gasteiger partial charge in [0.2, 0.25) is 0 Å². The number of fused-ring (bicyclic) bond motifs is 1. The van der Waals surface area contributed by atoms with Gasteiger partial charge < -0.3 is 0 Å². The first-order valence-corrected chi connectivity index (χ1v) is 9.99. The van der Waals surface area contributed by atoms with E-state index in [1.165, 1.54) is 63.0 Å². The fraction of sp³-hybridized carbons (Fsp3) is 0.565. The van der Waals surface area contributed by atoms with Crippen LogP contribution in [0.1, 0.15) is 69.8 Å². The minimum absolute atomic E-state index is 0.397. The van der Waals surface area contributed by atoms with E-state index in [0.717, 1.165) is 23.1 Å². The molecule has 2 saturated carbocycles. The normalized spacial score (nSPS) is 30.5. The third kappa shape index (κ3) is 3.45. The lowest BCUT2D eigenvalue weighted by Gasteiger charge is -2.37. The van der Waals surface area contributed by atoms with Crippen LogP contribution in [0.3, 0.4) is 0 Å². The Morgan fingerprint density at radius 1 is 0.760 bits per heavy atom. The zero-order chi connectivity index (χ0) is 17.4. The predicted octanol–water partition coefficient (Wildman–Crippen LogP) is 7.22. The molecule has 25 heavy (non-hydrogen) atoms. The largest absolute Gasteiger partial charge is 0.204 e. The van der Waals surface area contributed by atoms with Crippen molar-refractivity contribution in [1.29, 1.82) is 0 Å². The molecule has 2 aromatic carbocycles. The average Bonchev–Trinajstić information content (AvgIpc) is 2.65. The van der Waals surface area contributed by atoms with Crippen molar-refractivity contribution >= 4 is 10.8 Å². The SMILES string of the molecule is CC1CCC(C2CCC(c3ccc4c(F)c(F)ccc4c3)CC2)CC1. The highest BCUT2D eigenvalue weighted by atomic mass is 19.2. The number of hydrogen-bond acceptors (Lipinski definition) is 0. The summed E-state index contributed by atoms with van der Waals surface area (Å²) < 4.78 is 27.3. The second-order valence-electron chi connectivity index (χ2n) is 8.47. The molecule has 0 unspecified atom stereocenters. The summed E-state index contributed by atoms with van der Waals surface area (Å²) in [6.45, 7) is 2.39. The smallest absolute Gasteiger partial charge is 0.166 e. The molecule has 2 aliphatic rings. The highest BCUT2D eigenvalue weighted by molar-refractivity contribution is 5.84. The fourth-order valence-corrected chi connectivity index (χ4v) is 5.22. The first-order valence-electron chi connectivity index (χ1n) is 9.99. The lowest BCUT2D eigenvalue weighted by atomic mass is 9.68. The Kier molecular flexibility index (Phi) is 4.80. The summed E-state index contributed by atoms with van der Waals surface area (Å²) >= 11 is 0. The molecule has 0 atom stereocenters. The summed E-state index contributed by atoms with van der Waals surface area (Å²) in [7, 11) is 0. The Balaban J connectivity index is 1.44. The molecule has 2 aliphatic carbocycles. The number of hydrogen-bond donors (Lipinski definition) is 0. The lowest BCUT2D eigenvalue weighted by Crippen LogP contribution is -2.24. The molecule has 2 heteroatoms. The molecule has 0 radical (unpaired) electrons. The quantitative estimate of drug-likeness (QED) is 0.540. The van der Waals surface area contributed by atoms with Crippen LogP contribution in [-0.4, -0.2) is 0 Å². The Morgan fingerprint density at radius 2 is 1.40 bits per heavy atom. The van der Waals surface area contributed by atoms with Crippen molar-refractivity contribution < 1.29 is 8.78 Å². The topological polar surface area (TPSA) is 0 Å². The molecule has 0 nitrogen and oxygen atoms in total. The van der Waals surface area contributed by atoms with Crippen LogP contribution in [-0.2, 0) is 0 Å². The van der Waals surface area contributed by atoms with Crippen molar-refractivity contribution in [2.45, 2.75) is 64.2 Å². The maximum atomic E-state index is 13.9. The van der Waals surface area contributed by atoms with E-state index in [4.69, 9.17) is 0 Å². The Morgan fingerprint density at radius 3 is 2.08 bits per heavy atom. The molecule has 0 amide bonds. The minimum atomic E-state index is -0.762. The Labute approximate surface area is 149 Å². The van der Waals surface area contributed by atoms with E-state index in [-0.39, 0.29) is 0 Å². The van der Waals surface area contributed by atoms with Gasteiger partial charge in [-0.05, 0) is 79.2 Å². The van der Waals surface area contributed by atoms with Gasteiger partial charge in [0.25, 0.3) is 0 Å². The van der Waals surface area contributed by atoms with E-state index < -0.39 is 11.6 Å². The molecule has 2 fully saturated rings. The minimum Gasteiger partial charge on any atom is -0.204 e. The highest BCUT2D eigenvalue weighted by Gasteiger charge is 2.30. The monoisotopic (exact) mass is 342 g/mol. The van der Waals surface area contributed by atoms with Crippen molar-refractivity contribution in [3.8, 4) is 0 Å². The van der Waals surface area contributed by atoms with Crippen molar-refractivity contribution in [1.82, 2.24) is 0 Å². The Bertz CT molecular complexity index is 735. The molecule has 2 aromatic rings. The van der Waals surface area contributed by atoms with Crippen molar-refractivity contribution in [3.05, 3.63) is 47.5 Å². The lowest BCUT2D eigenvalue weighted by molar-refractivity contribution is 0.165. The summed E-state index contributed by atoms with van der Waals surface area (Å²) in [6.07, 6.45) is 10.8. The van der Waals surface area contributed by atoms with Gasteiger partial charge in [-0.15, -0.1) is 0 Å². The first-order chi connectivity index (χ1) is 12.1. The molecule has 0 saturated heterocycles. The van der Waals surface area contributed by atoms with E-state index >= 15 is 0 Å². The summed E-state index contributed by atoms with van der Waals surface area (Å²) in [5.41, 5.74) is 1.30. The van der Waals surface area contributed by atoms with Crippen LogP contribution in [0.4, 0.5) is 8.78 Å². The third-order valence-electron chi connectivity index (χ3n) is 6.90. The van der Waals surface area contributed by atoms with Crippen LogP contribution in [0.5, 0.6) is 0 Å². The van der Waals surface area contributed by atoms with Gasteiger partial charge in [-0.2, -0.15) is 0 Å². The van der Waals surface area contributed by atoms with Gasteiger partial charge in [0.05, 0.1) is 0 Å². The van der Waals surface area contributed by atoms with Crippen LogP contribution in [0.2, 0.25) is 0 Å². The molecular formula is C23H28F2. The van der Waals surface area contributed by atoms with Crippen molar-refractivity contribution in [2.75, 3.05) is 0 Å². The molecule has 0 spiro atoms. The van der Waals surface area contributed by atoms with Crippen LogP contribution >= 0.6 is 0 Å². The Hall–Kier alpha value is -1.44. The van der Waals surface area contributed by atoms with Gasteiger partial charge in [-0.3, -0.25) is 0 Å². The molecule has 134 valence electrons. The summed E-state index contributed by atoms with van der Waals surface area (Å²) in [4.78, 5) is 0. The standard InChI is InChI=1S/C23H28F2/c1-15-2-4-16(5-3-15)17-6-8-18(9-7-17)19-10-12-21-20(14-19)11-13-22(24)23(21)25/h10-18H,2-9H2,1H3. The maximum Gasteiger partial charge on any atom is 0.166 e. The second kappa shape index (κ2) is 7.05. The van der Waals surface area contributed by atoms with E-state index in [0.29, 0.717) is 11.3 Å². The molecule has 0 heterocycles. The number of benzene rings is 2. The van der Waals surface area contributed by atoms with Gasteiger partial charge in [-0.25, -0.2) is 8.78 Å².